The number of benzene rings is 1. The lowest BCUT2D eigenvalue weighted by Crippen LogP contribution is -2.36. The van der Waals surface area contributed by atoms with E-state index in [-0.39, 0.29) is 6.03 Å². The molecule has 2 amide bonds. The van der Waals surface area contributed by atoms with E-state index < -0.39 is 5.60 Å². The lowest BCUT2D eigenvalue weighted by molar-refractivity contribution is 0.0780. The number of nitrogens with one attached hydrogen (secondary N) is 2. The van der Waals surface area contributed by atoms with Crippen molar-refractivity contribution in [1.29, 1.82) is 0 Å². The molecule has 3 aromatic rings. The second kappa shape index (κ2) is 10.4. The number of anilines is 1. The molecule has 178 valence electrons. The van der Waals surface area contributed by atoms with Crippen molar-refractivity contribution in [1.82, 2.24) is 24.8 Å². The molecule has 0 aliphatic carbocycles. The van der Waals surface area contributed by atoms with E-state index in [0.29, 0.717) is 34.4 Å². The van der Waals surface area contributed by atoms with E-state index in [1.165, 1.54) is 6.33 Å². The van der Waals surface area contributed by atoms with Crippen molar-refractivity contribution in [3.63, 3.8) is 0 Å². The first-order chi connectivity index (χ1) is 15.6. The first-order valence-electron chi connectivity index (χ1n) is 10.9. The zero-order chi connectivity index (χ0) is 24.2. The highest BCUT2D eigenvalue weighted by atomic mass is 35.5. The molecule has 0 saturated heterocycles. The summed E-state index contributed by atoms with van der Waals surface area (Å²) in [6.07, 6.45) is 3.15. The van der Waals surface area contributed by atoms with E-state index in [2.05, 4.69) is 39.5 Å². The van der Waals surface area contributed by atoms with E-state index in [1.807, 2.05) is 6.92 Å². The maximum absolute atomic E-state index is 12.2. The van der Waals surface area contributed by atoms with Crippen LogP contribution in [0.4, 0.5) is 10.5 Å². The molecule has 0 unspecified atom stereocenters. The largest absolute Gasteiger partial charge is 0.437 e. The second-order valence-corrected chi connectivity index (χ2v) is 8.64. The number of aryl methyl sites for hydroxylation is 1. The lowest BCUT2D eigenvalue weighted by Gasteiger charge is -2.18. The number of nitrogens with zero attached hydrogens (tertiary/aromatic N) is 4. The fourth-order valence-electron chi connectivity index (χ4n) is 3.63. The van der Waals surface area contributed by atoms with Crippen LogP contribution in [0, 0.1) is 6.92 Å². The molecule has 0 bridgehead atoms. The zero-order valence-corrected chi connectivity index (χ0v) is 20.4. The number of hydrogen-bond acceptors (Lipinski definition) is 6. The van der Waals surface area contributed by atoms with Crippen LogP contribution in [0.25, 0.3) is 5.52 Å². The van der Waals surface area contributed by atoms with E-state index in [0.717, 1.165) is 30.8 Å². The van der Waals surface area contributed by atoms with Gasteiger partial charge in [-0.15, -0.1) is 0 Å². The maximum atomic E-state index is 12.2. The minimum Gasteiger partial charge on any atom is -0.437 e. The maximum Gasteiger partial charge on any atom is 0.319 e. The van der Waals surface area contributed by atoms with Crippen molar-refractivity contribution in [3.8, 4) is 11.6 Å². The highest BCUT2D eigenvalue weighted by Crippen LogP contribution is 2.34. The Balaban J connectivity index is 1.71. The molecule has 10 heteroatoms. The Bertz CT molecular complexity index is 1120. The van der Waals surface area contributed by atoms with Crippen LogP contribution in [0.1, 0.15) is 38.8 Å². The van der Waals surface area contributed by atoms with E-state index in [9.17, 15) is 9.90 Å². The van der Waals surface area contributed by atoms with Gasteiger partial charge in [-0.05, 0) is 51.6 Å². The monoisotopic (exact) mass is 474 g/mol. The summed E-state index contributed by atoms with van der Waals surface area (Å²) in [4.78, 5) is 18.7. The van der Waals surface area contributed by atoms with Gasteiger partial charge in [0.2, 0.25) is 5.88 Å². The van der Waals surface area contributed by atoms with Crippen LogP contribution in [-0.2, 0) is 5.60 Å². The van der Waals surface area contributed by atoms with Gasteiger partial charge in [-0.3, -0.25) is 0 Å². The summed E-state index contributed by atoms with van der Waals surface area (Å²) in [5.41, 5.74) is 1.65. The summed E-state index contributed by atoms with van der Waals surface area (Å²) < 4.78 is 7.61. The Labute approximate surface area is 198 Å². The molecule has 0 spiro atoms. The molecule has 2 aromatic heterocycles. The number of likely N-dealkylation sites (N-methyl/N-ethyl adjacent to an activating group) is 1. The number of fused-ring (bicyclic) bond motifs is 1. The standard InChI is InChI=1S/C23H31ClN6O3/c1-6-29(7-2)11-10-25-22(31)28-19-9-8-16(12-18(19)24)33-21-20-15(3)17(23(4,5)32)13-30(20)27-14-26-21/h8-9,12-14,32H,6-7,10-11H2,1-5H3,(H2,25,28,31). The Morgan fingerprint density at radius 2 is 2.03 bits per heavy atom. The number of halogens is 1. The Morgan fingerprint density at radius 3 is 2.67 bits per heavy atom. The quantitative estimate of drug-likeness (QED) is 0.430. The Kier molecular flexibility index (Phi) is 7.78. The molecule has 0 aliphatic heterocycles. The SMILES string of the molecule is CCN(CC)CCNC(=O)Nc1ccc(Oc2ncnn3cc(C(C)(C)O)c(C)c23)cc1Cl. The molecule has 0 saturated carbocycles. The van der Waals surface area contributed by atoms with Gasteiger partial charge in [0.1, 0.15) is 17.6 Å². The average Bonchev–Trinajstić information content (AvgIpc) is 3.11. The predicted octanol–water partition coefficient (Wildman–Crippen LogP) is 4.17. The molecule has 0 radical (unpaired) electrons. The normalized spacial score (nSPS) is 11.8. The summed E-state index contributed by atoms with van der Waals surface area (Å²) in [7, 11) is 0. The summed E-state index contributed by atoms with van der Waals surface area (Å²) in [6.45, 7) is 12.7. The molecule has 9 nitrogen and oxygen atoms in total. The van der Waals surface area contributed by atoms with Crippen molar-refractivity contribution in [2.75, 3.05) is 31.5 Å². The van der Waals surface area contributed by atoms with Gasteiger partial charge in [0.15, 0.2) is 0 Å². The molecule has 0 atom stereocenters. The minimum atomic E-state index is -1.03. The highest BCUT2D eigenvalue weighted by Gasteiger charge is 2.24. The number of urea groups is 1. The molecule has 33 heavy (non-hydrogen) atoms. The van der Waals surface area contributed by atoms with E-state index >= 15 is 0 Å². The van der Waals surface area contributed by atoms with Crippen LogP contribution in [0.2, 0.25) is 5.02 Å². The number of amides is 2. The fourth-order valence-corrected chi connectivity index (χ4v) is 3.84. The molecule has 3 rings (SSSR count). The van der Waals surface area contributed by atoms with Crippen molar-refractivity contribution < 1.29 is 14.6 Å². The van der Waals surface area contributed by atoms with Crippen LogP contribution in [-0.4, -0.2) is 56.8 Å². The minimum absolute atomic E-state index is 0.321. The van der Waals surface area contributed by atoms with Crippen molar-refractivity contribution >= 4 is 28.8 Å². The first-order valence-corrected chi connectivity index (χ1v) is 11.3. The van der Waals surface area contributed by atoms with Gasteiger partial charge in [0, 0.05) is 30.9 Å². The van der Waals surface area contributed by atoms with Gasteiger partial charge in [-0.2, -0.15) is 10.1 Å². The van der Waals surface area contributed by atoms with Crippen LogP contribution < -0.4 is 15.4 Å². The Morgan fingerprint density at radius 1 is 1.30 bits per heavy atom. The first kappa shape index (κ1) is 24.8. The van der Waals surface area contributed by atoms with Gasteiger partial charge < -0.3 is 25.4 Å². The summed E-state index contributed by atoms with van der Waals surface area (Å²) >= 11 is 6.38. The number of rotatable bonds is 9. The van der Waals surface area contributed by atoms with Crippen molar-refractivity contribution in [2.24, 2.45) is 0 Å². The average molecular weight is 475 g/mol. The summed E-state index contributed by atoms with van der Waals surface area (Å²) in [5.74, 6) is 0.794. The molecular formula is C23H31ClN6O3. The zero-order valence-electron chi connectivity index (χ0n) is 19.6. The Hall–Kier alpha value is -2.88. The van der Waals surface area contributed by atoms with Gasteiger partial charge in [0.25, 0.3) is 0 Å². The second-order valence-electron chi connectivity index (χ2n) is 8.24. The van der Waals surface area contributed by atoms with Crippen molar-refractivity contribution in [3.05, 3.63) is 46.9 Å². The summed E-state index contributed by atoms with van der Waals surface area (Å²) in [6, 6.07) is 4.66. The van der Waals surface area contributed by atoms with Gasteiger partial charge >= 0.3 is 6.03 Å². The van der Waals surface area contributed by atoms with Crippen LogP contribution in [0.5, 0.6) is 11.6 Å². The topological polar surface area (TPSA) is 104 Å². The smallest absolute Gasteiger partial charge is 0.319 e. The number of hydrogen-bond donors (Lipinski definition) is 3. The number of aliphatic hydroxyl groups is 1. The molecule has 2 heterocycles. The van der Waals surface area contributed by atoms with Crippen LogP contribution in [0.3, 0.4) is 0 Å². The van der Waals surface area contributed by atoms with Crippen molar-refractivity contribution in [2.45, 2.75) is 40.2 Å². The third-order valence-electron chi connectivity index (χ3n) is 5.46. The van der Waals surface area contributed by atoms with Crippen LogP contribution in [0.15, 0.2) is 30.7 Å². The number of ether oxygens (including phenoxy) is 1. The number of carbonyl (C=O) groups is 1. The number of aromatic nitrogens is 3. The molecule has 3 N–H and O–H groups in total. The highest BCUT2D eigenvalue weighted by molar-refractivity contribution is 6.33. The predicted molar refractivity (Wildman–Crippen MR) is 129 cm³/mol. The lowest BCUT2D eigenvalue weighted by atomic mass is 9.98. The molecule has 1 aromatic carbocycles. The third-order valence-corrected chi connectivity index (χ3v) is 5.78. The van der Waals surface area contributed by atoms with Crippen LogP contribution >= 0.6 is 11.6 Å². The third kappa shape index (κ3) is 5.93. The van der Waals surface area contributed by atoms with E-state index in [1.54, 1.807) is 42.8 Å². The van der Waals surface area contributed by atoms with Gasteiger partial charge in [-0.25, -0.2) is 9.31 Å². The van der Waals surface area contributed by atoms with E-state index in [4.69, 9.17) is 16.3 Å². The summed E-state index contributed by atoms with van der Waals surface area (Å²) in [5, 5.41) is 20.6. The van der Waals surface area contributed by atoms with Gasteiger partial charge in [0.05, 0.1) is 16.3 Å². The molecule has 0 aliphatic rings. The number of carbonyl (C=O) groups excluding carboxylic acids is 1. The molecule has 0 fully saturated rings. The fraction of sp³-hybridized carbons (Fsp3) is 0.435. The van der Waals surface area contributed by atoms with Gasteiger partial charge in [-0.1, -0.05) is 25.4 Å². The molecular weight excluding hydrogens is 444 g/mol.